The lowest BCUT2D eigenvalue weighted by atomic mass is 10.3. The van der Waals surface area contributed by atoms with E-state index in [-0.39, 0.29) is 11.9 Å². The van der Waals surface area contributed by atoms with Crippen molar-refractivity contribution in [2.75, 3.05) is 25.5 Å². The molecule has 0 aliphatic heterocycles. The van der Waals surface area contributed by atoms with Crippen LogP contribution in [0.1, 0.15) is 20.8 Å². The van der Waals surface area contributed by atoms with E-state index >= 15 is 0 Å². The molecule has 1 heterocycles. The molecule has 6 nitrogen and oxygen atoms in total. The summed E-state index contributed by atoms with van der Waals surface area (Å²) in [6, 6.07) is 1.31. The maximum Gasteiger partial charge on any atom is 0.244 e. The van der Waals surface area contributed by atoms with Gasteiger partial charge in [-0.15, -0.1) is 0 Å². The summed E-state index contributed by atoms with van der Waals surface area (Å²) in [5.41, 5.74) is 0. The number of anilines is 1. The minimum atomic E-state index is -0.369. The van der Waals surface area contributed by atoms with Crippen LogP contribution in [0, 0.1) is 0 Å². The van der Waals surface area contributed by atoms with Gasteiger partial charge >= 0.3 is 0 Å². The first-order valence-electron chi connectivity index (χ1n) is 6.05. The summed E-state index contributed by atoms with van der Waals surface area (Å²) in [5.74, 6) is 0.896. The number of rotatable bonds is 6. The monoisotopic (exact) mass is 252 g/mol. The number of aromatic nitrogens is 2. The molecule has 1 unspecified atom stereocenters. The molecule has 0 bridgehead atoms. The Labute approximate surface area is 107 Å². The molecule has 0 aliphatic carbocycles. The zero-order valence-electron chi connectivity index (χ0n) is 11.3. The molecule has 0 fully saturated rings. The van der Waals surface area contributed by atoms with E-state index < -0.39 is 0 Å². The molecule has 0 spiro atoms. The van der Waals surface area contributed by atoms with Crippen molar-refractivity contribution >= 4 is 11.9 Å². The fourth-order valence-electron chi connectivity index (χ4n) is 1.38. The summed E-state index contributed by atoms with van der Waals surface area (Å²) in [6.07, 6.45) is 1.60. The van der Waals surface area contributed by atoms with E-state index in [4.69, 9.17) is 4.74 Å². The highest BCUT2D eigenvalue weighted by Crippen LogP contribution is 2.09. The Balaban J connectivity index is 2.66. The van der Waals surface area contributed by atoms with Gasteiger partial charge in [0.2, 0.25) is 17.7 Å². The van der Waals surface area contributed by atoms with Crippen LogP contribution in [0.4, 0.5) is 5.95 Å². The van der Waals surface area contributed by atoms with Crippen molar-refractivity contribution in [2.45, 2.75) is 26.8 Å². The summed E-state index contributed by atoms with van der Waals surface area (Å²) in [7, 11) is 1.76. The van der Waals surface area contributed by atoms with Crippen molar-refractivity contribution in [3.63, 3.8) is 0 Å². The SMILES string of the molecule is CCOc1ccnc(NC(C)C(=O)N(C)CC)n1. The number of nitrogens with one attached hydrogen (secondary N) is 1. The molecular weight excluding hydrogens is 232 g/mol. The maximum absolute atomic E-state index is 11.9. The molecule has 100 valence electrons. The zero-order chi connectivity index (χ0) is 13.5. The van der Waals surface area contributed by atoms with Gasteiger partial charge in [0.1, 0.15) is 6.04 Å². The molecule has 1 N–H and O–H groups in total. The predicted octanol–water partition coefficient (Wildman–Crippen LogP) is 1.15. The van der Waals surface area contributed by atoms with Gasteiger partial charge in [0.15, 0.2) is 0 Å². The molecule has 18 heavy (non-hydrogen) atoms. The Morgan fingerprint density at radius 2 is 2.28 bits per heavy atom. The molecule has 0 saturated carbocycles. The van der Waals surface area contributed by atoms with E-state index in [0.717, 1.165) is 0 Å². The summed E-state index contributed by atoms with van der Waals surface area (Å²) in [4.78, 5) is 21.7. The van der Waals surface area contributed by atoms with Gasteiger partial charge in [-0.3, -0.25) is 4.79 Å². The van der Waals surface area contributed by atoms with Gasteiger partial charge in [0.05, 0.1) is 6.61 Å². The third kappa shape index (κ3) is 3.87. The standard InChI is InChI=1S/C12H20N4O2/c1-5-16(4)11(17)9(3)14-12-13-8-7-10(15-12)18-6-2/h7-9H,5-6H2,1-4H3,(H,13,14,15). The maximum atomic E-state index is 11.9. The van der Waals surface area contributed by atoms with Crippen LogP contribution in [-0.4, -0.2) is 47.0 Å². The first-order valence-corrected chi connectivity index (χ1v) is 6.05. The number of carbonyl (C=O) groups is 1. The van der Waals surface area contributed by atoms with Crippen molar-refractivity contribution in [3.8, 4) is 5.88 Å². The summed E-state index contributed by atoms with van der Waals surface area (Å²) >= 11 is 0. The van der Waals surface area contributed by atoms with Crippen LogP contribution in [0.2, 0.25) is 0 Å². The van der Waals surface area contributed by atoms with Gasteiger partial charge in [-0.25, -0.2) is 4.98 Å². The van der Waals surface area contributed by atoms with Gasteiger partial charge in [0, 0.05) is 25.9 Å². The van der Waals surface area contributed by atoms with Gasteiger partial charge < -0.3 is 15.0 Å². The fourth-order valence-corrected chi connectivity index (χ4v) is 1.38. The van der Waals surface area contributed by atoms with E-state index in [2.05, 4.69) is 15.3 Å². The van der Waals surface area contributed by atoms with Crippen LogP contribution < -0.4 is 10.1 Å². The number of likely N-dealkylation sites (N-methyl/N-ethyl adjacent to an activating group) is 1. The van der Waals surface area contributed by atoms with Gasteiger partial charge in [0.25, 0.3) is 0 Å². The van der Waals surface area contributed by atoms with Crippen LogP contribution in [0.5, 0.6) is 5.88 Å². The second kappa shape index (κ2) is 6.78. The Morgan fingerprint density at radius 3 is 2.89 bits per heavy atom. The normalized spacial score (nSPS) is 11.8. The van der Waals surface area contributed by atoms with Crippen LogP contribution in [-0.2, 0) is 4.79 Å². The molecule has 0 saturated heterocycles. The second-order valence-electron chi connectivity index (χ2n) is 3.87. The minimum absolute atomic E-state index is 0.00270. The van der Waals surface area contributed by atoms with Crippen molar-refractivity contribution in [1.29, 1.82) is 0 Å². The Hall–Kier alpha value is -1.85. The van der Waals surface area contributed by atoms with E-state index in [0.29, 0.717) is 25.0 Å². The predicted molar refractivity (Wildman–Crippen MR) is 69.6 cm³/mol. The molecule has 1 aromatic rings. The Morgan fingerprint density at radius 1 is 1.56 bits per heavy atom. The molecule has 1 amide bonds. The number of carbonyl (C=O) groups excluding carboxylic acids is 1. The Bertz CT molecular complexity index is 397. The molecule has 0 aliphatic rings. The third-order valence-electron chi connectivity index (χ3n) is 2.49. The molecule has 1 rings (SSSR count). The first-order chi connectivity index (χ1) is 8.58. The van der Waals surface area contributed by atoms with Gasteiger partial charge in [-0.2, -0.15) is 4.98 Å². The van der Waals surface area contributed by atoms with Crippen LogP contribution in [0.25, 0.3) is 0 Å². The molecule has 1 atom stereocenters. The zero-order valence-corrected chi connectivity index (χ0v) is 11.3. The van der Waals surface area contributed by atoms with Crippen LogP contribution in [0.15, 0.2) is 12.3 Å². The molecule has 0 aromatic carbocycles. The lowest BCUT2D eigenvalue weighted by molar-refractivity contribution is -0.130. The van der Waals surface area contributed by atoms with Crippen molar-refractivity contribution < 1.29 is 9.53 Å². The second-order valence-corrected chi connectivity index (χ2v) is 3.87. The molecule has 6 heteroatoms. The number of amides is 1. The summed E-state index contributed by atoms with van der Waals surface area (Å²) in [5, 5.41) is 2.96. The van der Waals surface area contributed by atoms with E-state index in [1.54, 1.807) is 31.1 Å². The minimum Gasteiger partial charge on any atom is -0.478 e. The van der Waals surface area contributed by atoms with Crippen molar-refractivity contribution in [1.82, 2.24) is 14.9 Å². The molecule has 0 radical (unpaired) electrons. The summed E-state index contributed by atoms with van der Waals surface area (Å²) < 4.78 is 5.27. The highest BCUT2D eigenvalue weighted by Gasteiger charge is 2.17. The highest BCUT2D eigenvalue weighted by molar-refractivity contribution is 5.83. The largest absolute Gasteiger partial charge is 0.478 e. The third-order valence-corrected chi connectivity index (χ3v) is 2.49. The van der Waals surface area contributed by atoms with Crippen LogP contribution in [0.3, 0.4) is 0 Å². The first kappa shape index (κ1) is 14.2. The van der Waals surface area contributed by atoms with Gasteiger partial charge in [-0.05, 0) is 20.8 Å². The van der Waals surface area contributed by atoms with E-state index in [1.165, 1.54) is 0 Å². The molecular formula is C12H20N4O2. The fraction of sp³-hybridized carbons (Fsp3) is 0.583. The average Bonchev–Trinajstić information content (AvgIpc) is 2.37. The van der Waals surface area contributed by atoms with Crippen molar-refractivity contribution in [3.05, 3.63) is 12.3 Å². The Kier molecular flexibility index (Phi) is 5.35. The van der Waals surface area contributed by atoms with E-state index in [1.807, 2.05) is 13.8 Å². The quantitative estimate of drug-likeness (QED) is 0.822. The van der Waals surface area contributed by atoms with Crippen LogP contribution >= 0.6 is 0 Å². The summed E-state index contributed by atoms with van der Waals surface area (Å²) in [6.45, 7) is 6.81. The topological polar surface area (TPSA) is 67.3 Å². The molecule has 1 aromatic heterocycles. The average molecular weight is 252 g/mol. The van der Waals surface area contributed by atoms with Crippen molar-refractivity contribution in [2.24, 2.45) is 0 Å². The van der Waals surface area contributed by atoms with E-state index in [9.17, 15) is 4.79 Å². The smallest absolute Gasteiger partial charge is 0.244 e. The number of hydrogen-bond donors (Lipinski definition) is 1. The number of nitrogens with zero attached hydrogens (tertiary/aromatic N) is 3. The lowest BCUT2D eigenvalue weighted by Gasteiger charge is -2.20. The number of hydrogen-bond acceptors (Lipinski definition) is 5. The van der Waals surface area contributed by atoms with Gasteiger partial charge in [-0.1, -0.05) is 0 Å². The highest BCUT2D eigenvalue weighted by atomic mass is 16.5. The number of ether oxygens (including phenoxy) is 1. The lowest BCUT2D eigenvalue weighted by Crippen LogP contribution is -2.39.